The number of amides is 1. The molecule has 0 atom stereocenters. The Kier molecular flexibility index (Phi) is 5.93. The number of carbonyl (C=O) groups excluding carboxylic acids is 1. The summed E-state index contributed by atoms with van der Waals surface area (Å²) in [6, 6.07) is 3.36. The number of carbonyl (C=O) groups is 1. The van der Waals surface area contributed by atoms with Crippen LogP contribution in [0.4, 0.5) is 0 Å². The summed E-state index contributed by atoms with van der Waals surface area (Å²) in [5.41, 5.74) is 0.232. The first-order chi connectivity index (χ1) is 8.79. The summed E-state index contributed by atoms with van der Waals surface area (Å²) in [7, 11) is 1.62. The van der Waals surface area contributed by atoms with Crippen LogP contribution in [0.25, 0.3) is 0 Å². The second kappa shape index (κ2) is 6.80. The topological polar surface area (TPSA) is 41.1 Å². The van der Waals surface area contributed by atoms with Crippen LogP contribution in [0.5, 0.6) is 0 Å². The van der Waals surface area contributed by atoms with Gasteiger partial charge in [-0.3, -0.25) is 4.79 Å². The Balaban J connectivity index is 2.69. The van der Waals surface area contributed by atoms with Crippen molar-refractivity contribution in [3.05, 3.63) is 32.8 Å². The Bertz CT molecular complexity index is 475. The van der Waals surface area contributed by atoms with Crippen LogP contribution in [0, 0.1) is 5.41 Å². The summed E-state index contributed by atoms with van der Waals surface area (Å²) in [6.45, 7) is 4.69. The van der Waals surface area contributed by atoms with Crippen molar-refractivity contribution < 1.29 is 4.79 Å². The number of nitrogens with one attached hydrogen (secondary N) is 2. The molecule has 0 aromatic heterocycles. The van der Waals surface area contributed by atoms with Crippen molar-refractivity contribution in [2.45, 2.75) is 20.4 Å². The van der Waals surface area contributed by atoms with E-state index in [9.17, 15) is 4.79 Å². The molecule has 0 aliphatic rings. The van der Waals surface area contributed by atoms with Gasteiger partial charge in [-0.25, -0.2) is 0 Å². The highest BCUT2D eigenvalue weighted by Gasteiger charge is 2.26. The van der Waals surface area contributed by atoms with E-state index in [0.717, 1.165) is 5.56 Å². The molecule has 2 N–H and O–H groups in total. The SMILES string of the molecule is CNC(=O)C(C)(C)CNCc1c(Cl)ccc(Cl)c1Cl. The molecule has 0 radical (unpaired) electrons. The number of halogens is 3. The van der Waals surface area contributed by atoms with E-state index in [-0.39, 0.29) is 5.91 Å². The largest absolute Gasteiger partial charge is 0.359 e. The standard InChI is InChI=1S/C13H17Cl3N2O/c1-13(2,12(19)17-3)7-18-6-8-9(14)4-5-10(15)11(8)16/h4-5,18H,6-7H2,1-3H3,(H,17,19). The fraction of sp³-hybridized carbons (Fsp3) is 0.462. The first-order valence-electron chi connectivity index (χ1n) is 5.85. The van der Waals surface area contributed by atoms with Crippen LogP contribution in [0.2, 0.25) is 15.1 Å². The van der Waals surface area contributed by atoms with Crippen molar-refractivity contribution in [1.82, 2.24) is 10.6 Å². The molecule has 0 heterocycles. The second-order valence-corrected chi connectivity index (χ2v) is 6.08. The van der Waals surface area contributed by atoms with Crippen LogP contribution >= 0.6 is 34.8 Å². The molecular formula is C13H17Cl3N2O. The summed E-state index contributed by atoms with van der Waals surface area (Å²) in [5.74, 6) is -0.0247. The predicted octanol–water partition coefficient (Wildman–Crippen LogP) is 3.51. The third kappa shape index (κ3) is 4.25. The molecule has 0 fully saturated rings. The molecule has 6 heteroatoms. The third-order valence-corrected chi connectivity index (χ3v) is 4.05. The lowest BCUT2D eigenvalue weighted by Gasteiger charge is -2.23. The predicted molar refractivity (Wildman–Crippen MR) is 81.0 cm³/mol. The quantitative estimate of drug-likeness (QED) is 0.814. The van der Waals surface area contributed by atoms with E-state index in [2.05, 4.69) is 10.6 Å². The molecule has 0 spiro atoms. The van der Waals surface area contributed by atoms with Gasteiger partial charge in [0, 0.05) is 30.7 Å². The average Bonchev–Trinajstić information content (AvgIpc) is 2.37. The van der Waals surface area contributed by atoms with Crippen molar-refractivity contribution in [2.24, 2.45) is 5.41 Å². The van der Waals surface area contributed by atoms with Gasteiger partial charge < -0.3 is 10.6 Å². The van der Waals surface area contributed by atoms with Gasteiger partial charge in [-0.15, -0.1) is 0 Å². The zero-order valence-corrected chi connectivity index (χ0v) is 13.4. The second-order valence-electron chi connectivity index (χ2n) is 4.89. The van der Waals surface area contributed by atoms with Gasteiger partial charge >= 0.3 is 0 Å². The molecule has 0 unspecified atom stereocenters. The Labute approximate surface area is 128 Å². The Morgan fingerprint density at radius 3 is 2.37 bits per heavy atom. The highest BCUT2D eigenvalue weighted by molar-refractivity contribution is 6.44. The molecule has 19 heavy (non-hydrogen) atoms. The minimum absolute atomic E-state index is 0.0247. The van der Waals surface area contributed by atoms with E-state index < -0.39 is 5.41 Å². The minimum Gasteiger partial charge on any atom is -0.359 e. The average molecular weight is 324 g/mol. The molecule has 1 aromatic rings. The number of hydrogen-bond donors (Lipinski definition) is 2. The molecule has 0 bridgehead atoms. The van der Waals surface area contributed by atoms with E-state index in [1.807, 2.05) is 13.8 Å². The zero-order valence-electron chi connectivity index (χ0n) is 11.1. The Hall–Kier alpha value is -0.480. The van der Waals surface area contributed by atoms with Crippen LogP contribution in [0.15, 0.2) is 12.1 Å². The first-order valence-corrected chi connectivity index (χ1v) is 6.98. The molecule has 0 aliphatic carbocycles. The van der Waals surface area contributed by atoms with Gasteiger partial charge in [0.2, 0.25) is 5.91 Å². The van der Waals surface area contributed by atoms with Gasteiger partial charge in [0.25, 0.3) is 0 Å². The van der Waals surface area contributed by atoms with Crippen LogP contribution in [0.1, 0.15) is 19.4 Å². The highest BCUT2D eigenvalue weighted by Crippen LogP contribution is 2.31. The Morgan fingerprint density at radius 1 is 1.21 bits per heavy atom. The lowest BCUT2D eigenvalue weighted by Crippen LogP contribution is -2.41. The van der Waals surface area contributed by atoms with E-state index in [1.165, 1.54) is 0 Å². The molecule has 0 aliphatic heterocycles. The van der Waals surface area contributed by atoms with Crippen LogP contribution < -0.4 is 10.6 Å². The van der Waals surface area contributed by atoms with Crippen LogP contribution in [-0.4, -0.2) is 19.5 Å². The maximum Gasteiger partial charge on any atom is 0.226 e. The number of rotatable bonds is 5. The first kappa shape index (κ1) is 16.6. The molecule has 106 valence electrons. The smallest absolute Gasteiger partial charge is 0.226 e. The van der Waals surface area contributed by atoms with E-state index in [0.29, 0.717) is 28.2 Å². The van der Waals surface area contributed by atoms with Crippen molar-refractivity contribution >= 4 is 40.7 Å². The van der Waals surface area contributed by atoms with Gasteiger partial charge in [0.05, 0.1) is 15.5 Å². The van der Waals surface area contributed by atoms with Crippen molar-refractivity contribution in [3.8, 4) is 0 Å². The summed E-state index contributed by atoms with van der Waals surface area (Å²) < 4.78 is 0. The van der Waals surface area contributed by atoms with E-state index in [1.54, 1.807) is 19.2 Å². The maximum atomic E-state index is 11.6. The minimum atomic E-state index is -0.508. The molecule has 0 saturated carbocycles. The van der Waals surface area contributed by atoms with Crippen LogP contribution in [0.3, 0.4) is 0 Å². The monoisotopic (exact) mass is 322 g/mol. The van der Waals surface area contributed by atoms with Gasteiger partial charge in [0.15, 0.2) is 0 Å². The fourth-order valence-corrected chi connectivity index (χ4v) is 2.33. The van der Waals surface area contributed by atoms with Gasteiger partial charge in [-0.05, 0) is 26.0 Å². The summed E-state index contributed by atoms with van der Waals surface area (Å²) in [6.07, 6.45) is 0. The lowest BCUT2D eigenvalue weighted by molar-refractivity contribution is -0.128. The van der Waals surface area contributed by atoms with Gasteiger partial charge in [-0.1, -0.05) is 34.8 Å². The van der Waals surface area contributed by atoms with Crippen molar-refractivity contribution in [2.75, 3.05) is 13.6 Å². The normalized spacial score (nSPS) is 11.5. The number of hydrogen-bond acceptors (Lipinski definition) is 2. The number of benzene rings is 1. The Morgan fingerprint density at radius 2 is 1.79 bits per heavy atom. The van der Waals surface area contributed by atoms with Gasteiger partial charge in [-0.2, -0.15) is 0 Å². The van der Waals surface area contributed by atoms with Crippen molar-refractivity contribution in [1.29, 1.82) is 0 Å². The fourth-order valence-electron chi connectivity index (χ4n) is 1.65. The summed E-state index contributed by atoms with van der Waals surface area (Å²) >= 11 is 18.1. The van der Waals surface area contributed by atoms with Crippen molar-refractivity contribution in [3.63, 3.8) is 0 Å². The molecule has 1 rings (SSSR count). The zero-order chi connectivity index (χ0) is 14.6. The summed E-state index contributed by atoms with van der Waals surface area (Å²) in [5, 5.41) is 7.28. The highest BCUT2D eigenvalue weighted by atomic mass is 35.5. The van der Waals surface area contributed by atoms with Crippen LogP contribution in [-0.2, 0) is 11.3 Å². The molecule has 1 aromatic carbocycles. The molecular weight excluding hydrogens is 307 g/mol. The van der Waals surface area contributed by atoms with E-state index >= 15 is 0 Å². The molecule has 0 saturated heterocycles. The summed E-state index contributed by atoms with van der Waals surface area (Å²) in [4.78, 5) is 11.6. The molecule has 1 amide bonds. The third-order valence-electron chi connectivity index (χ3n) is 2.85. The van der Waals surface area contributed by atoms with E-state index in [4.69, 9.17) is 34.8 Å². The van der Waals surface area contributed by atoms with Gasteiger partial charge in [0.1, 0.15) is 0 Å². The molecule has 3 nitrogen and oxygen atoms in total. The lowest BCUT2D eigenvalue weighted by atomic mass is 9.92. The maximum absolute atomic E-state index is 11.6.